The summed E-state index contributed by atoms with van der Waals surface area (Å²) in [4.78, 5) is 52.4. The lowest BCUT2D eigenvalue weighted by atomic mass is 10.0. The van der Waals surface area contributed by atoms with Crippen molar-refractivity contribution in [1.82, 2.24) is 19.9 Å². The Bertz CT molecular complexity index is 1600. The Morgan fingerprint density at radius 2 is 1.73 bits per heavy atom. The number of halogens is 4. The summed E-state index contributed by atoms with van der Waals surface area (Å²) in [5, 5.41) is 5.51. The summed E-state index contributed by atoms with van der Waals surface area (Å²) in [6, 6.07) is 15.2. The van der Waals surface area contributed by atoms with Crippen LogP contribution in [0.4, 0.5) is 24.8 Å². The summed E-state index contributed by atoms with van der Waals surface area (Å²) in [5.74, 6) is -1.72. The second-order valence-corrected chi connectivity index (χ2v) is 9.53. The lowest BCUT2D eigenvalue weighted by Gasteiger charge is -2.28. The summed E-state index contributed by atoms with van der Waals surface area (Å²) in [7, 11) is 0. The number of carbonyl (C=O) groups is 3. The van der Waals surface area contributed by atoms with Crippen LogP contribution in [0, 0.1) is 0 Å². The number of anilines is 2. The monoisotopic (exact) mass is 580 g/mol. The predicted molar refractivity (Wildman–Crippen MR) is 143 cm³/mol. The van der Waals surface area contributed by atoms with Gasteiger partial charge in [0, 0.05) is 47.8 Å². The molecule has 1 aliphatic heterocycles. The van der Waals surface area contributed by atoms with Crippen molar-refractivity contribution < 1.29 is 27.6 Å². The summed E-state index contributed by atoms with van der Waals surface area (Å²) in [5.41, 5.74) is 0.965. The molecule has 0 unspecified atom stereocenters. The maximum atomic E-state index is 13.7. The molecule has 1 aliphatic rings. The van der Waals surface area contributed by atoms with Crippen LogP contribution in [0.5, 0.6) is 0 Å². The molecule has 3 heterocycles. The van der Waals surface area contributed by atoms with Crippen molar-refractivity contribution >= 4 is 41.0 Å². The number of alkyl halides is 3. The smallest absolute Gasteiger partial charge is 0.323 e. The molecule has 9 nitrogen and oxygen atoms in total. The van der Waals surface area contributed by atoms with Gasteiger partial charge in [-0.1, -0.05) is 29.8 Å². The van der Waals surface area contributed by atoms with Gasteiger partial charge in [0.2, 0.25) is 11.9 Å². The van der Waals surface area contributed by atoms with Gasteiger partial charge in [0.15, 0.2) is 0 Å². The first kappa shape index (κ1) is 27.7. The first-order chi connectivity index (χ1) is 19.6. The van der Waals surface area contributed by atoms with E-state index in [2.05, 4.69) is 25.6 Å². The van der Waals surface area contributed by atoms with Gasteiger partial charge in [-0.25, -0.2) is 9.97 Å². The van der Waals surface area contributed by atoms with Gasteiger partial charge >= 0.3 is 6.18 Å². The molecule has 2 N–H and O–H groups in total. The first-order valence-electron chi connectivity index (χ1n) is 12.2. The van der Waals surface area contributed by atoms with Gasteiger partial charge in [0.1, 0.15) is 6.04 Å². The Hall–Kier alpha value is -4.84. The van der Waals surface area contributed by atoms with E-state index in [1.54, 1.807) is 48.7 Å². The van der Waals surface area contributed by atoms with E-state index < -0.39 is 35.5 Å². The van der Waals surface area contributed by atoms with Crippen LogP contribution in [0.2, 0.25) is 5.02 Å². The molecule has 0 bridgehead atoms. The van der Waals surface area contributed by atoms with Crippen LogP contribution in [0.3, 0.4) is 0 Å². The summed E-state index contributed by atoms with van der Waals surface area (Å²) < 4.78 is 38.2. The fourth-order valence-electron chi connectivity index (χ4n) is 4.23. The molecule has 2 aromatic heterocycles. The normalized spacial score (nSPS) is 15.1. The Morgan fingerprint density at radius 3 is 2.39 bits per heavy atom. The highest BCUT2D eigenvalue weighted by Gasteiger charge is 2.36. The van der Waals surface area contributed by atoms with Gasteiger partial charge in [-0.3, -0.25) is 24.7 Å². The number of benzene rings is 2. The lowest BCUT2D eigenvalue weighted by molar-refractivity contribution is -0.138. The van der Waals surface area contributed by atoms with Crippen LogP contribution >= 0.6 is 11.6 Å². The third kappa shape index (κ3) is 6.33. The number of aromatic nitrogens is 3. The van der Waals surface area contributed by atoms with Gasteiger partial charge in [-0.2, -0.15) is 13.2 Å². The molecule has 0 radical (unpaired) electrons. The minimum Gasteiger partial charge on any atom is -0.323 e. The molecule has 0 aliphatic carbocycles. The number of nitrogens with zero attached hydrogens (tertiary/aromatic N) is 4. The Morgan fingerprint density at radius 1 is 1.00 bits per heavy atom. The third-order valence-electron chi connectivity index (χ3n) is 6.31. The van der Waals surface area contributed by atoms with Gasteiger partial charge in [0.05, 0.1) is 16.8 Å². The molecule has 5 rings (SSSR count). The maximum Gasteiger partial charge on any atom is 0.419 e. The highest BCUT2D eigenvalue weighted by molar-refractivity contribution is 6.31. The van der Waals surface area contributed by atoms with Crippen LogP contribution in [0.15, 0.2) is 79.3 Å². The zero-order valence-electron chi connectivity index (χ0n) is 21.0. The SMILES string of the molecule is O=C(Nc1ncc(C(F)(F)F)cn1)c1ccc(CN2C(=O)c3ccc(Cl)cc3NC(=O)[C@H]2Cc2ccccn2)cc1. The molecule has 3 amide bonds. The molecule has 0 spiro atoms. The molecule has 0 saturated carbocycles. The van der Waals surface area contributed by atoms with E-state index in [0.717, 1.165) is 0 Å². The molecular formula is C28H20ClF3N6O3. The Labute approximate surface area is 236 Å². The van der Waals surface area contributed by atoms with Gasteiger partial charge < -0.3 is 10.2 Å². The van der Waals surface area contributed by atoms with E-state index in [4.69, 9.17) is 11.6 Å². The van der Waals surface area contributed by atoms with Gasteiger partial charge in [0.25, 0.3) is 11.8 Å². The standard InChI is InChI=1S/C28H20ClF3N6O3/c29-19-8-9-21-22(11-19)36-25(40)23(12-20-3-1-2-10-33-20)38(26(21)41)15-16-4-6-17(7-5-16)24(39)37-27-34-13-18(14-35-27)28(30,31)32/h1-11,13-14,23H,12,15H2,(H,36,40)(H,34,35,37,39)/t23-/m1/s1. The molecule has 0 saturated heterocycles. The van der Waals surface area contributed by atoms with Gasteiger partial charge in [-0.15, -0.1) is 0 Å². The highest BCUT2D eigenvalue weighted by Crippen LogP contribution is 2.29. The molecule has 41 heavy (non-hydrogen) atoms. The average Bonchev–Trinajstić information content (AvgIpc) is 3.03. The van der Waals surface area contributed by atoms with E-state index >= 15 is 0 Å². The van der Waals surface area contributed by atoms with E-state index in [-0.39, 0.29) is 30.0 Å². The molecule has 208 valence electrons. The van der Waals surface area contributed by atoms with Crippen molar-refractivity contribution in [2.45, 2.75) is 25.2 Å². The van der Waals surface area contributed by atoms with Crippen molar-refractivity contribution in [3.8, 4) is 0 Å². The number of carbonyl (C=O) groups excluding carboxylic acids is 3. The fraction of sp³-hybridized carbons (Fsp3) is 0.143. The van der Waals surface area contributed by atoms with Crippen molar-refractivity contribution in [3.05, 3.63) is 112 Å². The minimum atomic E-state index is -4.60. The van der Waals surface area contributed by atoms with Crippen LogP contribution in [0.1, 0.15) is 37.5 Å². The van der Waals surface area contributed by atoms with Crippen LogP contribution in [-0.2, 0) is 23.9 Å². The second kappa shape index (κ2) is 11.3. The molecule has 4 aromatic rings. The van der Waals surface area contributed by atoms with Crippen molar-refractivity contribution in [3.63, 3.8) is 0 Å². The molecule has 0 fully saturated rings. The summed E-state index contributed by atoms with van der Waals surface area (Å²) in [6.07, 6.45) is -1.68. The summed E-state index contributed by atoms with van der Waals surface area (Å²) >= 11 is 6.10. The number of rotatable bonds is 6. The lowest BCUT2D eigenvalue weighted by Crippen LogP contribution is -2.46. The fourth-order valence-corrected chi connectivity index (χ4v) is 4.41. The Balaban J connectivity index is 1.37. The number of pyridine rings is 1. The van der Waals surface area contributed by atoms with Crippen molar-refractivity contribution in [2.75, 3.05) is 10.6 Å². The molecule has 2 aromatic carbocycles. The zero-order chi connectivity index (χ0) is 29.1. The minimum absolute atomic E-state index is 0.0374. The largest absolute Gasteiger partial charge is 0.419 e. The number of fused-ring (bicyclic) bond motifs is 1. The predicted octanol–water partition coefficient (Wildman–Crippen LogP) is 5.00. The van der Waals surface area contributed by atoms with E-state index in [0.29, 0.717) is 34.4 Å². The number of hydrogen-bond acceptors (Lipinski definition) is 6. The van der Waals surface area contributed by atoms with Crippen LogP contribution in [-0.4, -0.2) is 43.6 Å². The average molecular weight is 581 g/mol. The van der Waals surface area contributed by atoms with E-state index in [1.165, 1.54) is 23.1 Å². The van der Waals surface area contributed by atoms with Gasteiger partial charge in [-0.05, 0) is 48.0 Å². The third-order valence-corrected chi connectivity index (χ3v) is 6.55. The zero-order valence-corrected chi connectivity index (χ0v) is 21.8. The first-order valence-corrected chi connectivity index (χ1v) is 12.6. The molecule has 1 atom stereocenters. The number of hydrogen-bond donors (Lipinski definition) is 2. The van der Waals surface area contributed by atoms with E-state index in [1.807, 2.05) is 0 Å². The quantitative estimate of drug-likeness (QED) is 0.331. The maximum absolute atomic E-state index is 13.7. The number of nitrogens with one attached hydrogen (secondary N) is 2. The summed E-state index contributed by atoms with van der Waals surface area (Å²) in [6.45, 7) is 0.0374. The van der Waals surface area contributed by atoms with Crippen molar-refractivity contribution in [2.24, 2.45) is 0 Å². The van der Waals surface area contributed by atoms with Crippen LogP contribution < -0.4 is 10.6 Å². The Kier molecular flexibility index (Phi) is 7.66. The van der Waals surface area contributed by atoms with Crippen molar-refractivity contribution in [1.29, 1.82) is 0 Å². The molecular weight excluding hydrogens is 561 g/mol. The molecule has 13 heteroatoms. The highest BCUT2D eigenvalue weighted by atomic mass is 35.5. The number of amides is 3. The van der Waals surface area contributed by atoms with Crippen LogP contribution in [0.25, 0.3) is 0 Å². The second-order valence-electron chi connectivity index (χ2n) is 9.10. The van der Waals surface area contributed by atoms with E-state index in [9.17, 15) is 27.6 Å². The topological polar surface area (TPSA) is 117 Å².